The van der Waals surface area contributed by atoms with Crippen molar-refractivity contribution in [1.29, 1.82) is 0 Å². The number of aryl methyl sites for hydroxylation is 1. The monoisotopic (exact) mass is 596 g/mol. The molecule has 6 rings (SSSR count). The number of methoxy groups -OCH3 is 1. The highest BCUT2D eigenvalue weighted by atomic mass is 19.1. The molecule has 0 radical (unpaired) electrons. The molecular weight excluding hydrogens is 551 g/mol. The number of benzene rings is 3. The van der Waals surface area contributed by atoms with Crippen molar-refractivity contribution < 1.29 is 13.9 Å². The molecule has 1 saturated heterocycles. The Bertz CT molecular complexity index is 1530. The van der Waals surface area contributed by atoms with Gasteiger partial charge < -0.3 is 25.2 Å². The molecule has 0 unspecified atom stereocenters. The number of carbonyl (C=O) groups is 1. The minimum absolute atomic E-state index is 0.000787. The second kappa shape index (κ2) is 13.1. The van der Waals surface area contributed by atoms with E-state index in [1.165, 1.54) is 17.2 Å². The lowest BCUT2D eigenvalue weighted by Gasteiger charge is -2.41. The number of anilines is 1. The number of rotatable bonds is 11. The summed E-state index contributed by atoms with van der Waals surface area (Å²) < 4.78 is 19.6. The van der Waals surface area contributed by atoms with Crippen LogP contribution in [0.15, 0.2) is 66.2 Å². The predicted molar refractivity (Wildman–Crippen MR) is 176 cm³/mol. The van der Waals surface area contributed by atoms with Crippen LogP contribution >= 0.6 is 0 Å². The standard InChI is InChI=1S/C37H45FN4O2/c1-24-28(9-5-12-35(24)44-4)23-42(30-17-18-30)37(43)36-31(20-29-21-39-22-33(36)40-29)27-15-13-26(14-16-27)8-7-19-41(3)34-11-6-10-32(38)25(34)2/h5-6,9-16,29-30,33,39-40H,7-8,17-23H2,1-4H3/t29-,33+/m0/s1. The van der Waals surface area contributed by atoms with E-state index in [4.69, 9.17) is 4.74 Å². The average Bonchev–Trinajstić information content (AvgIpc) is 3.87. The summed E-state index contributed by atoms with van der Waals surface area (Å²) in [5, 5.41) is 7.30. The maximum atomic E-state index is 14.5. The highest BCUT2D eigenvalue weighted by Gasteiger charge is 2.41. The van der Waals surface area contributed by atoms with Crippen molar-refractivity contribution in [2.45, 2.75) is 70.6 Å². The van der Waals surface area contributed by atoms with Gasteiger partial charge in [-0.2, -0.15) is 0 Å². The molecule has 1 aliphatic carbocycles. The summed E-state index contributed by atoms with van der Waals surface area (Å²) >= 11 is 0. The number of nitrogens with zero attached hydrogens (tertiary/aromatic N) is 2. The van der Waals surface area contributed by atoms with Crippen molar-refractivity contribution >= 4 is 17.2 Å². The quantitative estimate of drug-likeness (QED) is 0.293. The molecule has 2 fully saturated rings. The molecule has 2 bridgehead atoms. The molecule has 0 aromatic heterocycles. The molecule has 2 N–H and O–H groups in total. The van der Waals surface area contributed by atoms with Gasteiger partial charge in [0.25, 0.3) is 5.91 Å². The Hall–Kier alpha value is -3.68. The van der Waals surface area contributed by atoms with Crippen molar-refractivity contribution in [3.63, 3.8) is 0 Å². The molecular formula is C37H45FN4O2. The molecule has 6 nitrogen and oxygen atoms in total. The van der Waals surface area contributed by atoms with Crippen LogP contribution in [0.1, 0.15) is 53.5 Å². The minimum Gasteiger partial charge on any atom is -0.496 e. The van der Waals surface area contributed by atoms with Gasteiger partial charge in [0.05, 0.1) is 13.2 Å². The van der Waals surface area contributed by atoms with Crippen molar-refractivity contribution in [2.75, 3.05) is 38.7 Å². The van der Waals surface area contributed by atoms with E-state index in [1.807, 2.05) is 32.2 Å². The Morgan fingerprint density at radius 1 is 1.00 bits per heavy atom. The minimum atomic E-state index is -0.161. The van der Waals surface area contributed by atoms with Gasteiger partial charge in [-0.25, -0.2) is 4.39 Å². The zero-order valence-electron chi connectivity index (χ0n) is 26.5. The largest absolute Gasteiger partial charge is 0.496 e. The summed E-state index contributed by atoms with van der Waals surface area (Å²) in [6.45, 7) is 7.02. The molecule has 3 aromatic rings. The third-order valence-electron chi connectivity index (χ3n) is 9.65. The first-order valence-corrected chi connectivity index (χ1v) is 16.0. The van der Waals surface area contributed by atoms with Gasteiger partial charge >= 0.3 is 0 Å². The van der Waals surface area contributed by atoms with Crippen LogP contribution in [0.4, 0.5) is 10.1 Å². The number of ether oxygens (including phenoxy) is 1. The molecule has 0 spiro atoms. The number of amides is 1. The van der Waals surface area contributed by atoms with Crippen LogP contribution in [-0.4, -0.2) is 62.7 Å². The smallest absolute Gasteiger partial charge is 0.252 e. The number of hydrogen-bond donors (Lipinski definition) is 2. The number of halogens is 1. The molecule has 2 aliphatic heterocycles. The normalized spacial score (nSPS) is 19.6. The van der Waals surface area contributed by atoms with Crippen LogP contribution in [0.25, 0.3) is 5.57 Å². The lowest BCUT2D eigenvalue weighted by molar-refractivity contribution is -0.128. The maximum absolute atomic E-state index is 14.5. The zero-order chi connectivity index (χ0) is 30.8. The summed E-state index contributed by atoms with van der Waals surface area (Å²) in [6.07, 6.45) is 4.85. The third kappa shape index (κ3) is 6.40. The van der Waals surface area contributed by atoms with E-state index < -0.39 is 0 Å². The predicted octanol–water partition coefficient (Wildman–Crippen LogP) is 5.80. The van der Waals surface area contributed by atoms with Gasteiger partial charge in [0, 0.05) is 62.1 Å². The Balaban J connectivity index is 1.21. The van der Waals surface area contributed by atoms with E-state index in [0.29, 0.717) is 18.2 Å². The molecule has 1 amide bonds. The average molecular weight is 597 g/mol. The van der Waals surface area contributed by atoms with E-state index in [9.17, 15) is 9.18 Å². The molecule has 232 valence electrons. The Kier molecular flexibility index (Phi) is 9.06. The molecule has 7 heteroatoms. The molecule has 3 aliphatic rings. The Morgan fingerprint density at radius 2 is 1.77 bits per heavy atom. The fourth-order valence-electron chi connectivity index (χ4n) is 6.91. The second-order valence-electron chi connectivity index (χ2n) is 12.7. The first-order chi connectivity index (χ1) is 21.3. The van der Waals surface area contributed by atoms with Gasteiger partial charge in [0.15, 0.2) is 0 Å². The van der Waals surface area contributed by atoms with Crippen molar-refractivity contribution in [3.05, 3.63) is 99.9 Å². The summed E-state index contributed by atoms with van der Waals surface area (Å²) in [5.74, 6) is 0.856. The second-order valence-corrected chi connectivity index (χ2v) is 12.7. The van der Waals surface area contributed by atoms with Gasteiger partial charge in [0.2, 0.25) is 0 Å². The lowest BCUT2D eigenvalue weighted by atomic mass is 9.83. The number of fused-ring (bicyclic) bond motifs is 2. The maximum Gasteiger partial charge on any atom is 0.252 e. The topological polar surface area (TPSA) is 56.8 Å². The van der Waals surface area contributed by atoms with E-state index >= 15 is 0 Å². The first-order valence-electron chi connectivity index (χ1n) is 16.0. The van der Waals surface area contributed by atoms with Gasteiger partial charge in [-0.1, -0.05) is 42.5 Å². The molecule has 1 saturated carbocycles. The highest BCUT2D eigenvalue weighted by molar-refractivity contribution is 6.03. The van der Waals surface area contributed by atoms with E-state index in [2.05, 4.69) is 57.7 Å². The fraction of sp³-hybridized carbons (Fsp3) is 0.432. The van der Waals surface area contributed by atoms with Crippen LogP contribution in [0.2, 0.25) is 0 Å². The third-order valence-corrected chi connectivity index (χ3v) is 9.65. The fourth-order valence-corrected chi connectivity index (χ4v) is 6.91. The van der Waals surface area contributed by atoms with E-state index in [-0.39, 0.29) is 23.8 Å². The van der Waals surface area contributed by atoms with Gasteiger partial charge in [0.1, 0.15) is 11.6 Å². The first kappa shape index (κ1) is 30.4. The molecule has 44 heavy (non-hydrogen) atoms. The number of carbonyl (C=O) groups excluding carboxylic acids is 1. The number of nitrogens with one attached hydrogen (secondary N) is 2. The molecule has 2 heterocycles. The van der Waals surface area contributed by atoms with Gasteiger partial charge in [-0.05, 0) is 92.0 Å². The van der Waals surface area contributed by atoms with Crippen LogP contribution in [0.5, 0.6) is 5.75 Å². The van der Waals surface area contributed by atoms with Gasteiger partial charge in [-0.15, -0.1) is 0 Å². The van der Waals surface area contributed by atoms with Crippen molar-refractivity contribution in [3.8, 4) is 5.75 Å². The lowest BCUT2D eigenvalue weighted by Crippen LogP contribution is -2.60. The summed E-state index contributed by atoms with van der Waals surface area (Å²) in [7, 11) is 3.73. The van der Waals surface area contributed by atoms with Crippen molar-refractivity contribution in [2.24, 2.45) is 0 Å². The zero-order valence-corrected chi connectivity index (χ0v) is 26.5. The number of hydrogen-bond acceptors (Lipinski definition) is 5. The van der Waals surface area contributed by atoms with Crippen molar-refractivity contribution in [1.82, 2.24) is 15.5 Å². The highest BCUT2D eigenvalue weighted by Crippen LogP contribution is 2.37. The Labute approximate surface area is 261 Å². The SMILES string of the molecule is COc1cccc(CN(C(=O)C2=C(c3ccc(CCCN(C)c4cccc(F)c4C)cc3)C[C@H]3CNC[C@H]2N3)C2CC2)c1C. The van der Waals surface area contributed by atoms with Crippen LogP contribution in [-0.2, 0) is 17.8 Å². The summed E-state index contributed by atoms with van der Waals surface area (Å²) in [5.41, 5.74) is 8.39. The summed E-state index contributed by atoms with van der Waals surface area (Å²) in [6, 6.07) is 20.8. The van der Waals surface area contributed by atoms with E-state index in [0.717, 1.165) is 85.4 Å². The van der Waals surface area contributed by atoms with E-state index in [1.54, 1.807) is 13.2 Å². The van der Waals surface area contributed by atoms with Gasteiger partial charge in [-0.3, -0.25) is 4.79 Å². The van der Waals surface area contributed by atoms with Crippen LogP contribution in [0.3, 0.4) is 0 Å². The molecule has 3 aromatic carbocycles. The molecule has 2 atom stereocenters. The van der Waals surface area contributed by atoms with Crippen LogP contribution in [0, 0.1) is 19.7 Å². The Morgan fingerprint density at radius 3 is 2.52 bits per heavy atom. The number of piperazine rings is 1. The summed E-state index contributed by atoms with van der Waals surface area (Å²) in [4.78, 5) is 18.8. The van der Waals surface area contributed by atoms with Crippen LogP contribution < -0.4 is 20.3 Å².